The van der Waals surface area contributed by atoms with E-state index in [9.17, 15) is 4.79 Å². The maximum atomic E-state index is 11.7. The number of imidazole rings is 1. The van der Waals surface area contributed by atoms with Crippen LogP contribution in [0.4, 0.5) is 0 Å². The van der Waals surface area contributed by atoms with Crippen LogP contribution in [0, 0.1) is 13.8 Å². The Morgan fingerprint density at radius 2 is 1.75 bits per heavy atom. The Bertz CT molecular complexity index is 1490. The van der Waals surface area contributed by atoms with Crippen LogP contribution in [0.25, 0.3) is 33.5 Å². The summed E-state index contributed by atoms with van der Waals surface area (Å²) in [5, 5.41) is 1.19. The summed E-state index contributed by atoms with van der Waals surface area (Å²) < 4.78 is 4.56. The third-order valence-corrected chi connectivity index (χ3v) is 6.23. The van der Waals surface area contributed by atoms with Crippen molar-refractivity contribution in [2.24, 2.45) is 5.73 Å². The molecule has 5 heteroatoms. The first-order valence-corrected chi connectivity index (χ1v) is 10.9. The molecule has 0 aliphatic heterocycles. The highest BCUT2D eigenvalue weighted by molar-refractivity contribution is 5.97. The molecule has 0 atom stereocenters. The predicted molar refractivity (Wildman–Crippen MR) is 130 cm³/mol. The molecule has 0 aliphatic rings. The van der Waals surface area contributed by atoms with Crippen molar-refractivity contribution < 1.29 is 4.79 Å². The second-order valence-electron chi connectivity index (χ2n) is 8.35. The van der Waals surface area contributed by atoms with Crippen LogP contribution in [-0.2, 0) is 13.1 Å². The minimum Gasteiger partial charge on any atom is -0.366 e. The van der Waals surface area contributed by atoms with Gasteiger partial charge in [-0.05, 0) is 67.8 Å². The van der Waals surface area contributed by atoms with E-state index in [0.717, 1.165) is 35.6 Å². The van der Waals surface area contributed by atoms with Crippen LogP contribution in [0.15, 0.2) is 66.7 Å². The van der Waals surface area contributed by atoms with Crippen molar-refractivity contribution >= 4 is 27.8 Å². The summed E-state index contributed by atoms with van der Waals surface area (Å²) in [7, 11) is 0. The van der Waals surface area contributed by atoms with Crippen LogP contribution >= 0.6 is 0 Å². The van der Waals surface area contributed by atoms with Crippen LogP contribution in [0.2, 0.25) is 0 Å². The number of aromatic nitrogens is 3. The maximum Gasteiger partial charge on any atom is 0.248 e. The number of carbonyl (C=O) groups is 1. The molecule has 2 N–H and O–H groups in total. The zero-order valence-electron chi connectivity index (χ0n) is 18.6. The lowest BCUT2D eigenvalue weighted by Crippen LogP contribution is -2.10. The van der Waals surface area contributed by atoms with Gasteiger partial charge in [-0.15, -0.1) is 0 Å². The van der Waals surface area contributed by atoms with E-state index in [1.165, 1.54) is 27.6 Å². The zero-order valence-corrected chi connectivity index (χ0v) is 18.6. The summed E-state index contributed by atoms with van der Waals surface area (Å²) in [6.07, 6.45) is 0. The van der Waals surface area contributed by atoms with Crippen molar-refractivity contribution in [2.75, 3.05) is 0 Å². The number of amides is 1. The summed E-state index contributed by atoms with van der Waals surface area (Å²) in [4.78, 5) is 16.7. The highest BCUT2D eigenvalue weighted by Crippen LogP contribution is 2.32. The Morgan fingerprint density at radius 3 is 2.50 bits per heavy atom. The van der Waals surface area contributed by atoms with E-state index in [2.05, 4.69) is 78.4 Å². The molecule has 0 unspecified atom stereocenters. The van der Waals surface area contributed by atoms with Gasteiger partial charge in [0.15, 0.2) is 5.82 Å². The van der Waals surface area contributed by atoms with Crippen LogP contribution in [0.3, 0.4) is 0 Å². The topological polar surface area (TPSA) is 65.8 Å². The van der Waals surface area contributed by atoms with Crippen molar-refractivity contribution in [3.05, 3.63) is 89.0 Å². The summed E-state index contributed by atoms with van der Waals surface area (Å²) in [6.45, 7) is 7.92. The number of carbonyl (C=O) groups excluding carboxylic acids is 1. The van der Waals surface area contributed by atoms with Crippen LogP contribution < -0.4 is 5.73 Å². The van der Waals surface area contributed by atoms with Crippen molar-refractivity contribution in [1.82, 2.24) is 14.1 Å². The average molecular weight is 423 g/mol. The van der Waals surface area contributed by atoms with Gasteiger partial charge in [-0.2, -0.15) is 0 Å². The van der Waals surface area contributed by atoms with E-state index < -0.39 is 5.91 Å². The Kier molecular flexibility index (Phi) is 4.82. The fourth-order valence-electron chi connectivity index (χ4n) is 4.48. The van der Waals surface area contributed by atoms with Crippen LogP contribution in [-0.4, -0.2) is 20.0 Å². The highest BCUT2D eigenvalue weighted by Gasteiger charge is 2.19. The molecule has 5 aromatic rings. The number of hydrogen-bond acceptors (Lipinski definition) is 2. The molecule has 0 saturated heterocycles. The Balaban J connectivity index is 1.78. The molecule has 0 radical (unpaired) electrons. The number of nitrogens with two attached hydrogens (primary N) is 1. The first kappa shape index (κ1) is 20.1. The van der Waals surface area contributed by atoms with Gasteiger partial charge in [-0.25, -0.2) is 4.98 Å². The van der Waals surface area contributed by atoms with E-state index >= 15 is 0 Å². The molecular formula is C27H26N4O. The lowest BCUT2D eigenvalue weighted by Gasteiger charge is -2.14. The maximum absolute atomic E-state index is 11.7. The smallest absolute Gasteiger partial charge is 0.248 e. The SMILES string of the molecule is CCn1c(-c2cc3ccc(C)cc3n2Cc2ccccc2C)nc2cc(C(N)=O)ccc21. The first-order chi connectivity index (χ1) is 15.5. The molecule has 32 heavy (non-hydrogen) atoms. The Morgan fingerprint density at radius 1 is 0.938 bits per heavy atom. The molecule has 0 aliphatic carbocycles. The molecular weight excluding hydrogens is 396 g/mol. The number of aryl methyl sites for hydroxylation is 3. The highest BCUT2D eigenvalue weighted by atomic mass is 16.1. The first-order valence-electron chi connectivity index (χ1n) is 10.9. The normalized spacial score (nSPS) is 11.5. The van der Waals surface area contributed by atoms with Gasteiger partial charge >= 0.3 is 0 Å². The van der Waals surface area contributed by atoms with E-state index in [1.54, 1.807) is 12.1 Å². The number of hydrogen-bond donors (Lipinski definition) is 1. The van der Waals surface area contributed by atoms with Crippen molar-refractivity contribution in [3.8, 4) is 11.5 Å². The molecule has 0 fully saturated rings. The predicted octanol–water partition coefficient (Wildman–Crippen LogP) is 5.44. The van der Waals surface area contributed by atoms with E-state index in [-0.39, 0.29) is 0 Å². The third-order valence-electron chi connectivity index (χ3n) is 6.23. The molecule has 3 aromatic carbocycles. The van der Waals surface area contributed by atoms with Gasteiger partial charge in [0, 0.05) is 29.6 Å². The van der Waals surface area contributed by atoms with Crippen molar-refractivity contribution in [3.63, 3.8) is 0 Å². The Labute approximate surface area is 187 Å². The molecule has 0 saturated carbocycles. The van der Waals surface area contributed by atoms with Gasteiger partial charge in [-0.1, -0.05) is 36.4 Å². The lowest BCUT2D eigenvalue weighted by atomic mass is 10.1. The summed E-state index contributed by atoms with van der Waals surface area (Å²) in [6, 6.07) is 22.8. The van der Waals surface area contributed by atoms with Crippen molar-refractivity contribution in [1.29, 1.82) is 0 Å². The van der Waals surface area contributed by atoms with Gasteiger partial charge in [-0.3, -0.25) is 4.79 Å². The standard InChI is InChI=1S/C27H26N4O/c1-4-30-23-12-11-20(26(28)32)14-22(23)29-27(30)25-15-19-10-9-17(2)13-24(19)31(25)16-21-8-6-5-7-18(21)3/h5-15H,4,16H2,1-3H3,(H2,28,32). The molecule has 5 rings (SSSR count). The molecule has 2 heterocycles. The minimum atomic E-state index is -0.441. The summed E-state index contributed by atoms with van der Waals surface area (Å²) in [5.41, 5.74) is 13.8. The lowest BCUT2D eigenvalue weighted by molar-refractivity contribution is 0.100. The number of benzene rings is 3. The molecule has 5 nitrogen and oxygen atoms in total. The summed E-state index contributed by atoms with van der Waals surface area (Å²) in [5.74, 6) is 0.454. The molecule has 0 bridgehead atoms. The average Bonchev–Trinajstić information content (AvgIpc) is 3.32. The number of fused-ring (bicyclic) bond motifs is 2. The molecule has 160 valence electrons. The number of nitrogens with zero attached hydrogens (tertiary/aromatic N) is 3. The monoisotopic (exact) mass is 422 g/mol. The van der Waals surface area contributed by atoms with Gasteiger partial charge in [0.05, 0.1) is 16.7 Å². The zero-order chi connectivity index (χ0) is 22.4. The molecule has 1 amide bonds. The quantitative estimate of drug-likeness (QED) is 0.410. The largest absolute Gasteiger partial charge is 0.366 e. The van der Waals surface area contributed by atoms with Gasteiger partial charge in [0.1, 0.15) is 0 Å². The van der Waals surface area contributed by atoms with E-state index in [0.29, 0.717) is 5.56 Å². The third kappa shape index (κ3) is 3.26. The van der Waals surface area contributed by atoms with Gasteiger partial charge in [0.2, 0.25) is 5.91 Å². The fourth-order valence-corrected chi connectivity index (χ4v) is 4.48. The molecule has 0 spiro atoms. The second-order valence-corrected chi connectivity index (χ2v) is 8.35. The van der Waals surface area contributed by atoms with Gasteiger partial charge in [0.25, 0.3) is 0 Å². The Hall–Kier alpha value is -3.86. The minimum absolute atomic E-state index is 0.441. The van der Waals surface area contributed by atoms with Crippen LogP contribution in [0.1, 0.15) is 34.0 Å². The van der Waals surface area contributed by atoms with Crippen molar-refractivity contribution in [2.45, 2.75) is 33.9 Å². The van der Waals surface area contributed by atoms with Crippen LogP contribution in [0.5, 0.6) is 0 Å². The van der Waals surface area contributed by atoms with Gasteiger partial charge < -0.3 is 14.9 Å². The second kappa shape index (κ2) is 7.68. The fraction of sp³-hybridized carbons (Fsp3) is 0.185. The van der Waals surface area contributed by atoms with E-state index in [1.807, 2.05) is 6.07 Å². The van der Waals surface area contributed by atoms with E-state index in [4.69, 9.17) is 10.7 Å². The summed E-state index contributed by atoms with van der Waals surface area (Å²) >= 11 is 0. The molecule has 2 aromatic heterocycles. The number of primary amides is 1. The number of rotatable bonds is 5.